The van der Waals surface area contributed by atoms with Crippen LogP contribution in [0.15, 0.2) is 22.7 Å². The van der Waals surface area contributed by atoms with Crippen LogP contribution in [0, 0.1) is 6.92 Å². The van der Waals surface area contributed by atoms with Crippen LogP contribution in [0.5, 0.6) is 5.75 Å². The molecule has 1 aromatic heterocycles. The van der Waals surface area contributed by atoms with Crippen LogP contribution >= 0.6 is 0 Å². The van der Waals surface area contributed by atoms with Crippen LogP contribution < -0.4 is 4.74 Å². The third kappa shape index (κ3) is 2.77. The first-order valence-electron chi connectivity index (χ1n) is 6.64. The number of rotatable bonds is 3. The Balaban J connectivity index is 2.64. The maximum Gasteiger partial charge on any atom is 0.375 e. The first-order valence-corrected chi connectivity index (χ1v) is 6.64. The Kier molecular flexibility index (Phi) is 3.77. The SMILES string of the molecule is COc1ccc(C(C)(C)C)cc1-c1noc(C(=O)O)c1C. The standard InChI is InChI=1S/C16H19NO4/c1-9-13(17-21-14(9)15(18)19)11-8-10(16(2,3)4)6-7-12(11)20-5/h6-8H,1-5H3,(H,18,19). The minimum absolute atomic E-state index is 0.0334. The molecule has 0 bridgehead atoms. The summed E-state index contributed by atoms with van der Waals surface area (Å²) in [5.74, 6) is -0.637. The molecule has 0 spiro atoms. The molecule has 5 heteroatoms. The zero-order valence-electron chi connectivity index (χ0n) is 12.9. The molecular weight excluding hydrogens is 270 g/mol. The van der Waals surface area contributed by atoms with E-state index in [1.807, 2.05) is 18.2 Å². The number of benzene rings is 1. The van der Waals surface area contributed by atoms with Gasteiger partial charge in [0.25, 0.3) is 0 Å². The number of carbonyl (C=O) groups is 1. The molecule has 0 saturated carbocycles. The van der Waals surface area contributed by atoms with Gasteiger partial charge in [0.2, 0.25) is 5.76 Å². The van der Waals surface area contributed by atoms with Gasteiger partial charge in [-0.1, -0.05) is 32.0 Å². The maximum absolute atomic E-state index is 11.1. The molecule has 112 valence electrons. The van der Waals surface area contributed by atoms with Gasteiger partial charge in [0.15, 0.2) is 0 Å². The van der Waals surface area contributed by atoms with E-state index in [1.54, 1.807) is 14.0 Å². The average Bonchev–Trinajstić information content (AvgIpc) is 2.78. The Morgan fingerprint density at radius 2 is 2.00 bits per heavy atom. The fourth-order valence-corrected chi connectivity index (χ4v) is 2.15. The highest BCUT2D eigenvalue weighted by Crippen LogP contribution is 2.36. The van der Waals surface area contributed by atoms with Gasteiger partial charge in [0, 0.05) is 11.1 Å². The highest BCUT2D eigenvalue weighted by atomic mass is 16.5. The van der Waals surface area contributed by atoms with E-state index in [4.69, 9.17) is 14.4 Å². The largest absolute Gasteiger partial charge is 0.496 e. The molecule has 1 aromatic carbocycles. The van der Waals surface area contributed by atoms with Gasteiger partial charge < -0.3 is 14.4 Å². The first kappa shape index (κ1) is 15.1. The summed E-state index contributed by atoms with van der Waals surface area (Å²) in [6.45, 7) is 8.00. The van der Waals surface area contributed by atoms with E-state index in [1.165, 1.54) is 0 Å². The number of carboxylic acid groups (broad SMARTS) is 1. The topological polar surface area (TPSA) is 72.6 Å². The Morgan fingerprint density at radius 3 is 2.48 bits per heavy atom. The second-order valence-corrected chi connectivity index (χ2v) is 5.96. The number of hydrogen-bond donors (Lipinski definition) is 1. The van der Waals surface area contributed by atoms with Crippen molar-refractivity contribution in [1.82, 2.24) is 5.16 Å². The Hall–Kier alpha value is -2.30. The molecular formula is C16H19NO4. The van der Waals surface area contributed by atoms with Crippen LogP contribution in [0.25, 0.3) is 11.3 Å². The van der Waals surface area contributed by atoms with Crippen LogP contribution in [-0.4, -0.2) is 23.3 Å². The lowest BCUT2D eigenvalue weighted by Crippen LogP contribution is -2.11. The number of carboxylic acids is 1. The molecule has 2 rings (SSSR count). The Morgan fingerprint density at radius 1 is 1.33 bits per heavy atom. The summed E-state index contributed by atoms with van der Waals surface area (Å²) in [5, 5.41) is 13.0. The molecule has 1 N–H and O–H groups in total. The van der Waals surface area contributed by atoms with Gasteiger partial charge >= 0.3 is 5.97 Å². The molecule has 0 aliphatic heterocycles. The van der Waals surface area contributed by atoms with E-state index in [0.29, 0.717) is 17.0 Å². The molecule has 5 nitrogen and oxygen atoms in total. The summed E-state index contributed by atoms with van der Waals surface area (Å²) in [7, 11) is 1.57. The highest BCUT2D eigenvalue weighted by Gasteiger charge is 2.23. The van der Waals surface area contributed by atoms with Crippen LogP contribution in [0.4, 0.5) is 0 Å². The quantitative estimate of drug-likeness (QED) is 0.933. The van der Waals surface area contributed by atoms with E-state index < -0.39 is 5.97 Å². The van der Waals surface area contributed by atoms with Gasteiger partial charge in [-0.25, -0.2) is 4.79 Å². The zero-order chi connectivity index (χ0) is 15.8. The summed E-state index contributed by atoms with van der Waals surface area (Å²) in [5.41, 5.74) is 2.80. The Bertz CT molecular complexity index is 680. The van der Waals surface area contributed by atoms with E-state index >= 15 is 0 Å². The molecule has 2 aromatic rings. The minimum Gasteiger partial charge on any atom is -0.496 e. The number of hydrogen-bond acceptors (Lipinski definition) is 4. The fraction of sp³-hybridized carbons (Fsp3) is 0.375. The smallest absolute Gasteiger partial charge is 0.375 e. The molecule has 1 heterocycles. The van der Waals surface area contributed by atoms with E-state index in [0.717, 1.165) is 11.1 Å². The van der Waals surface area contributed by atoms with Crippen molar-refractivity contribution in [3.63, 3.8) is 0 Å². The second kappa shape index (κ2) is 5.24. The lowest BCUT2D eigenvalue weighted by molar-refractivity contribution is 0.0651. The molecule has 0 radical (unpaired) electrons. The van der Waals surface area contributed by atoms with Crippen LogP contribution in [0.1, 0.15) is 42.5 Å². The van der Waals surface area contributed by atoms with Gasteiger partial charge in [-0.2, -0.15) is 0 Å². The van der Waals surface area contributed by atoms with Crippen LogP contribution in [0.2, 0.25) is 0 Å². The van der Waals surface area contributed by atoms with Gasteiger partial charge in [0.1, 0.15) is 11.4 Å². The van der Waals surface area contributed by atoms with Crippen molar-refractivity contribution in [3.8, 4) is 17.0 Å². The zero-order valence-corrected chi connectivity index (χ0v) is 12.9. The molecule has 0 unspecified atom stereocenters. The van der Waals surface area contributed by atoms with E-state index in [9.17, 15) is 4.79 Å². The number of aromatic carboxylic acids is 1. The second-order valence-electron chi connectivity index (χ2n) is 5.96. The number of aromatic nitrogens is 1. The Labute approximate surface area is 123 Å². The van der Waals surface area contributed by atoms with Gasteiger partial charge in [0.05, 0.1) is 7.11 Å². The molecule has 0 atom stereocenters. The lowest BCUT2D eigenvalue weighted by atomic mass is 9.85. The normalized spacial score (nSPS) is 11.5. The summed E-state index contributed by atoms with van der Waals surface area (Å²) in [6, 6.07) is 5.83. The minimum atomic E-state index is -1.13. The molecule has 0 fully saturated rings. The van der Waals surface area contributed by atoms with Crippen molar-refractivity contribution >= 4 is 5.97 Å². The fourth-order valence-electron chi connectivity index (χ4n) is 2.15. The van der Waals surface area contributed by atoms with Crippen molar-refractivity contribution in [1.29, 1.82) is 0 Å². The average molecular weight is 289 g/mol. The van der Waals surface area contributed by atoms with Gasteiger partial charge in [-0.05, 0) is 30.0 Å². The third-order valence-electron chi connectivity index (χ3n) is 3.44. The summed E-state index contributed by atoms with van der Waals surface area (Å²) < 4.78 is 10.3. The highest BCUT2D eigenvalue weighted by molar-refractivity contribution is 5.88. The van der Waals surface area contributed by atoms with Crippen molar-refractivity contribution in [2.24, 2.45) is 0 Å². The predicted octanol–water partition coefficient (Wildman–Crippen LogP) is 3.65. The summed E-state index contributed by atoms with van der Waals surface area (Å²) in [6.07, 6.45) is 0. The summed E-state index contributed by atoms with van der Waals surface area (Å²) >= 11 is 0. The molecule has 21 heavy (non-hydrogen) atoms. The third-order valence-corrected chi connectivity index (χ3v) is 3.44. The number of methoxy groups -OCH3 is 1. The van der Waals surface area contributed by atoms with Crippen LogP contribution in [-0.2, 0) is 5.41 Å². The van der Waals surface area contributed by atoms with Crippen LogP contribution in [0.3, 0.4) is 0 Å². The maximum atomic E-state index is 11.1. The van der Waals surface area contributed by atoms with Gasteiger partial charge in [-0.15, -0.1) is 0 Å². The number of ether oxygens (including phenoxy) is 1. The van der Waals surface area contributed by atoms with E-state index in [2.05, 4.69) is 25.9 Å². The predicted molar refractivity (Wildman–Crippen MR) is 78.9 cm³/mol. The van der Waals surface area contributed by atoms with Crippen molar-refractivity contribution in [3.05, 3.63) is 35.1 Å². The molecule has 0 aliphatic carbocycles. The van der Waals surface area contributed by atoms with Crippen molar-refractivity contribution in [2.45, 2.75) is 33.1 Å². The molecule has 0 saturated heterocycles. The number of nitrogens with zero attached hydrogens (tertiary/aromatic N) is 1. The molecule has 0 aliphatic rings. The molecule has 0 amide bonds. The lowest BCUT2D eigenvalue weighted by Gasteiger charge is -2.20. The van der Waals surface area contributed by atoms with Gasteiger partial charge in [-0.3, -0.25) is 0 Å². The summed E-state index contributed by atoms with van der Waals surface area (Å²) in [4.78, 5) is 11.1. The monoisotopic (exact) mass is 289 g/mol. The van der Waals surface area contributed by atoms with Crippen molar-refractivity contribution in [2.75, 3.05) is 7.11 Å². The first-order chi connectivity index (χ1) is 9.75. The van der Waals surface area contributed by atoms with E-state index in [-0.39, 0.29) is 11.2 Å². The van der Waals surface area contributed by atoms with Crippen molar-refractivity contribution < 1.29 is 19.2 Å².